The van der Waals surface area contributed by atoms with E-state index >= 15 is 0 Å². The Morgan fingerprint density at radius 2 is 1.97 bits per heavy atom. The van der Waals surface area contributed by atoms with Gasteiger partial charge in [0, 0.05) is 30.9 Å². The molecule has 0 saturated carbocycles. The normalized spacial score (nSPS) is 24.4. The molecule has 2 heteroatoms. The molecule has 0 radical (unpaired) electrons. The van der Waals surface area contributed by atoms with Crippen molar-refractivity contribution < 1.29 is 0 Å². The number of rotatable bonds is 7. The van der Waals surface area contributed by atoms with Gasteiger partial charge in [0.15, 0.2) is 0 Å². The van der Waals surface area contributed by atoms with Gasteiger partial charge in [-0.25, -0.2) is 0 Å². The number of allylic oxidation sites excluding steroid dienone is 3. The summed E-state index contributed by atoms with van der Waals surface area (Å²) in [5, 5.41) is 4.00. The van der Waals surface area contributed by atoms with Gasteiger partial charge in [0.25, 0.3) is 0 Å². The molecule has 0 amide bonds. The van der Waals surface area contributed by atoms with Crippen LogP contribution in [-0.4, -0.2) is 24.0 Å². The summed E-state index contributed by atoms with van der Waals surface area (Å²) in [5.41, 5.74) is 9.25. The maximum Gasteiger partial charge on any atom is 0.0334 e. The largest absolute Gasteiger partial charge is 0.375 e. The van der Waals surface area contributed by atoms with E-state index < -0.39 is 0 Å². The number of nitrogens with one attached hydrogen (secondary N) is 1. The van der Waals surface area contributed by atoms with E-state index in [0.717, 1.165) is 12.3 Å². The maximum absolute atomic E-state index is 4.31. The number of nitrogens with zero attached hydrogens (tertiary/aromatic N) is 1. The molecule has 0 aromatic heterocycles. The number of piperidine rings is 1. The van der Waals surface area contributed by atoms with Crippen LogP contribution in [-0.2, 0) is 6.42 Å². The highest BCUT2D eigenvalue weighted by Gasteiger charge is 2.29. The summed E-state index contributed by atoms with van der Waals surface area (Å²) in [6.07, 6.45) is 14.7. The van der Waals surface area contributed by atoms with Gasteiger partial charge >= 0.3 is 0 Å². The topological polar surface area (TPSA) is 15.3 Å². The van der Waals surface area contributed by atoms with Gasteiger partial charge in [-0.1, -0.05) is 62.8 Å². The highest BCUT2D eigenvalue weighted by atomic mass is 15.1. The lowest BCUT2D eigenvalue weighted by Gasteiger charge is -2.37. The number of benzene rings is 1. The molecule has 1 saturated heterocycles. The Morgan fingerprint density at radius 1 is 1.17 bits per heavy atom. The summed E-state index contributed by atoms with van der Waals surface area (Å²) in [6, 6.07) is 7.79. The summed E-state index contributed by atoms with van der Waals surface area (Å²) in [5.74, 6) is 0.734. The van der Waals surface area contributed by atoms with Crippen molar-refractivity contribution in [1.82, 2.24) is 10.2 Å². The minimum absolute atomic E-state index is 0.476. The fourth-order valence-corrected chi connectivity index (χ4v) is 5.96. The van der Waals surface area contributed by atoms with Crippen molar-refractivity contribution in [2.75, 3.05) is 13.1 Å². The summed E-state index contributed by atoms with van der Waals surface area (Å²) < 4.78 is 0. The molecule has 1 aliphatic heterocycles. The average Bonchev–Trinajstić information content (AvgIpc) is 3.18. The molecular formula is C28H40N2. The monoisotopic (exact) mass is 404 g/mol. The highest BCUT2D eigenvalue weighted by Crippen LogP contribution is 2.37. The molecule has 162 valence electrons. The Balaban J connectivity index is 1.38. The van der Waals surface area contributed by atoms with Gasteiger partial charge in [0.05, 0.1) is 0 Å². The Labute approximate surface area is 184 Å². The molecule has 1 aromatic rings. The molecule has 1 fully saturated rings. The van der Waals surface area contributed by atoms with E-state index in [1.807, 2.05) is 0 Å². The number of hydrogen-bond donors (Lipinski definition) is 1. The van der Waals surface area contributed by atoms with Crippen LogP contribution >= 0.6 is 0 Å². The molecule has 0 bridgehead atoms. The molecule has 0 spiro atoms. The molecule has 2 nitrogen and oxygen atoms in total. The molecule has 2 atom stereocenters. The first kappa shape index (κ1) is 21.4. The molecule has 1 aromatic carbocycles. The minimum atomic E-state index is 0.476. The van der Waals surface area contributed by atoms with E-state index in [0.29, 0.717) is 12.1 Å². The van der Waals surface area contributed by atoms with Gasteiger partial charge in [0.2, 0.25) is 0 Å². The molecule has 3 aliphatic rings. The summed E-state index contributed by atoms with van der Waals surface area (Å²) in [6.45, 7) is 13.5. The van der Waals surface area contributed by atoms with Crippen LogP contribution in [0.2, 0.25) is 0 Å². The zero-order chi connectivity index (χ0) is 21.1. The maximum atomic E-state index is 4.31. The minimum Gasteiger partial charge on any atom is -0.375 e. The SMILES string of the molecule is C=C(CCC)N1CCC(C2=C(CC)CC(NC3CCc4cccc(C)c43)C=C2)CC1. The van der Waals surface area contributed by atoms with E-state index in [1.165, 1.54) is 69.3 Å². The van der Waals surface area contributed by atoms with Crippen LogP contribution in [0.3, 0.4) is 0 Å². The Bertz CT molecular complexity index is 823. The van der Waals surface area contributed by atoms with Crippen molar-refractivity contribution in [2.45, 2.75) is 84.2 Å². The van der Waals surface area contributed by atoms with Gasteiger partial charge in [-0.15, -0.1) is 0 Å². The van der Waals surface area contributed by atoms with Crippen LogP contribution in [0.4, 0.5) is 0 Å². The summed E-state index contributed by atoms with van der Waals surface area (Å²) >= 11 is 0. The lowest BCUT2D eigenvalue weighted by molar-refractivity contribution is 0.240. The van der Waals surface area contributed by atoms with Crippen LogP contribution in [0.1, 0.15) is 81.5 Å². The van der Waals surface area contributed by atoms with Gasteiger partial charge < -0.3 is 10.2 Å². The van der Waals surface area contributed by atoms with Gasteiger partial charge in [-0.2, -0.15) is 0 Å². The zero-order valence-electron chi connectivity index (χ0n) is 19.3. The highest BCUT2D eigenvalue weighted by molar-refractivity contribution is 5.41. The number of hydrogen-bond acceptors (Lipinski definition) is 2. The van der Waals surface area contributed by atoms with Crippen LogP contribution in [0.25, 0.3) is 0 Å². The van der Waals surface area contributed by atoms with Crippen LogP contribution in [0, 0.1) is 12.8 Å². The second-order valence-corrected chi connectivity index (χ2v) is 9.57. The fraction of sp³-hybridized carbons (Fsp3) is 0.571. The third-order valence-electron chi connectivity index (χ3n) is 7.61. The first-order valence-electron chi connectivity index (χ1n) is 12.3. The van der Waals surface area contributed by atoms with E-state index in [1.54, 1.807) is 22.3 Å². The number of likely N-dealkylation sites (tertiary alicyclic amines) is 1. The van der Waals surface area contributed by atoms with Crippen molar-refractivity contribution in [1.29, 1.82) is 0 Å². The van der Waals surface area contributed by atoms with E-state index in [-0.39, 0.29) is 0 Å². The number of fused-ring (bicyclic) bond motifs is 1. The fourth-order valence-electron chi connectivity index (χ4n) is 5.96. The second-order valence-electron chi connectivity index (χ2n) is 9.57. The summed E-state index contributed by atoms with van der Waals surface area (Å²) in [4.78, 5) is 2.53. The lowest BCUT2D eigenvalue weighted by Crippen LogP contribution is -2.35. The van der Waals surface area contributed by atoms with Crippen molar-refractivity contribution in [3.63, 3.8) is 0 Å². The van der Waals surface area contributed by atoms with Crippen LogP contribution < -0.4 is 5.32 Å². The molecule has 1 N–H and O–H groups in total. The van der Waals surface area contributed by atoms with Gasteiger partial charge in [-0.05, 0) is 80.1 Å². The third kappa shape index (κ3) is 4.44. The average molecular weight is 405 g/mol. The Morgan fingerprint density at radius 3 is 2.70 bits per heavy atom. The van der Waals surface area contributed by atoms with Crippen molar-refractivity contribution in [3.8, 4) is 0 Å². The smallest absolute Gasteiger partial charge is 0.0334 e. The van der Waals surface area contributed by atoms with E-state index in [4.69, 9.17) is 0 Å². The van der Waals surface area contributed by atoms with Crippen molar-refractivity contribution >= 4 is 0 Å². The molecular weight excluding hydrogens is 364 g/mol. The lowest BCUT2D eigenvalue weighted by atomic mass is 9.80. The predicted molar refractivity (Wildman–Crippen MR) is 129 cm³/mol. The van der Waals surface area contributed by atoms with Crippen LogP contribution in [0.15, 0.2) is 53.8 Å². The first-order chi connectivity index (χ1) is 14.6. The Hall–Kier alpha value is -1.80. The first-order valence-corrected chi connectivity index (χ1v) is 12.3. The van der Waals surface area contributed by atoms with Gasteiger partial charge in [0.1, 0.15) is 0 Å². The van der Waals surface area contributed by atoms with E-state index in [9.17, 15) is 0 Å². The van der Waals surface area contributed by atoms with Crippen molar-refractivity contribution in [2.24, 2.45) is 5.92 Å². The molecule has 2 unspecified atom stereocenters. The number of aryl methyl sites for hydroxylation is 2. The van der Waals surface area contributed by atoms with E-state index in [2.05, 4.69) is 67.9 Å². The predicted octanol–water partition coefficient (Wildman–Crippen LogP) is 6.63. The molecule has 2 aliphatic carbocycles. The summed E-state index contributed by atoms with van der Waals surface area (Å²) in [7, 11) is 0. The molecule has 4 rings (SSSR count). The molecule has 30 heavy (non-hydrogen) atoms. The molecule has 1 heterocycles. The standard InChI is InChI=1S/C28H40N2/c1-5-8-21(4)30-17-15-23(16-18-30)26-13-12-25(19-22(26)6-2)29-27-14-11-24-10-7-9-20(3)28(24)27/h7,9-10,12-13,23,25,27,29H,4-6,8,11,14-19H2,1-3H3. The van der Waals surface area contributed by atoms with Crippen molar-refractivity contribution in [3.05, 3.63) is 70.5 Å². The Kier molecular flexibility index (Phi) is 6.83. The van der Waals surface area contributed by atoms with Crippen LogP contribution in [0.5, 0.6) is 0 Å². The quantitative estimate of drug-likeness (QED) is 0.548. The third-order valence-corrected chi connectivity index (χ3v) is 7.61. The second kappa shape index (κ2) is 9.56. The zero-order valence-corrected chi connectivity index (χ0v) is 19.3. The van der Waals surface area contributed by atoms with Gasteiger partial charge in [-0.3, -0.25) is 0 Å².